The standard InChI is InChI=1S/C15H17N7O4/c1-25-15-18-13(17-14(19-15)21-6-8-26-9-7-21)20-16-10-11-2-4-12(5-3-11)22(23)24/h2-5,10H,6-9H2,1H3,(H,17,18,19,20). The maximum Gasteiger partial charge on any atom is 0.322 e. The summed E-state index contributed by atoms with van der Waals surface area (Å²) in [5, 5.41) is 14.7. The fourth-order valence-corrected chi connectivity index (χ4v) is 2.24. The third kappa shape index (κ3) is 4.39. The Balaban J connectivity index is 1.71. The van der Waals surface area contributed by atoms with Crippen molar-refractivity contribution in [3.63, 3.8) is 0 Å². The molecule has 0 atom stereocenters. The fourth-order valence-electron chi connectivity index (χ4n) is 2.24. The first-order valence-corrected chi connectivity index (χ1v) is 7.82. The first-order chi connectivity index (χ1) is 12.7. The van der Waals surface area contributed by atoms with Crippen LogP contribution in [0.1, 0.15) is 5.56 Å². The van der Waals surface area contributed by atoms with Gasteiger partial charge in [0.1, 0.15) is 0 Å². The second kappa shape index (κ2) is 8.16. The Labute approximate surface area is 148 Å². The van der Waals surface area contributed by atoms with Crippen molar-refractivity contribution in [1.82, 2.24) is 15.0 Å². The number of rotatable bonds is 6. The van der Waals surface area contributed by atoms with Gasteiger partial charge in [0, 0.05) is 25.2 Å². The predicted octanol–water partition coefficient (Wildman–Crippen LogP) is 1.07. The van der Waals surface area contributed by atoms with Crippen LogP contribution < -0.4 is 15.1 Å². The molecule has 0 bridgehead atoms. The van der Waals surface area contributed by atoms with Gasteiger partial charge in [-0.2, -0.15) is 20.1 Å². The van der Waals surface area contributed by atoms with Crippen molar-refractivity contribution in [2.45, 2.75) is 0 Å². The van der Waals surface area contributed by atoms with Crippen LogP contribution in [0, 0.1) is 10.1 Å². The van der Waals surface area contributed by atoms with Gasteiger partial charge in [0.2, 0.25) is 5.95 Å². The lowest BCUT2D eigenvalue weighted by Crippen LogP contribution is -2.37. The number of nitrogens with one attached hydrogen (secondary N) is 1. The molecule has 0 spiro atoms. The van der Waals surface area contributed by atoms with Crippen LogP contribution in [0.5, 0.6) is 6.01 Å². The highest BCUT2D eigenvalue weighted by Gasteiger charge is 2.16. The molecule has 1 fully saturated rings. The summed E-state index contributed by atoms with van der Waals surface area (Å²) in [4.78, 5) is 24.8. The van der Waals surface area contributed by atoms with Crippen LogP contribution in [0.3, 0.4) is 0 Å². The number of non-ortho nitro benzene ring substituents is 1. The molecule has 11 heteroatoms. The quantitative estimate of drug-likeness (QED) is 0.457. The lowest BCUT2D eigenvalue weighted by molar-refractivity contribution is -0.384. The Morgan fingerprint density at radius 1 is 1.27 bits per heavy atom. The number of methoxy groups -OCH3 is 1. The van der Waals surface area contributed by atoms with Gasteiger partial charge >= 0.3 is 6.01 Å². The zero-order valence-corrected chi connectivity index (χ0v) is 14.0. The smallest absolute Gasteiger partial charge is 0.322 e. The van der Waals surface area contributed by atoms with Crippen LogP contribution in [-0.4, -0.2) is 59.5 Å². The molecule has 0 amide bonds. The van der Waals surface area contributed by atoms with E-state index in [0.29, 0.717) is 37.8 Å². The Morgan fingerprint density at radius 3 is 2.65 bits per heavy atom. The van der Waals surface area contributed by atoms with Crippen LogP contribution in [-0.2, 0) is 4.74 Å². The molecule has 2 heterocycles. The molecule has 0 radical (unpaired) electrons. The maximum atomic E-state index is 10.6. The molecular weight excluding hydrogens is 342 g/mol. The summed E-state index contributed by atoms with van der Waals surface area (Å²) >= 11 is 0. The van der Waals surface area contributed by atoms with Crippen molar-refractivity contribution in [1.29, 1.82) is 0 Å². The van der Waals surface area contributed by atoms with E-state index < -0.39 is 4.92 Å². The summed E-state index contributed by atoms with van der Waals surface area (Å²) in [5.41, 5.74) is 3.43. The number of hydrazone groups is 1. The number of hydrogen-bond donors (Lipinski definition) is 1. The minimum atomic E-state index is -0.455. The third-order valence-electron chi connectivity index (χ3n) is 3.56. The number of ether oxygens (including phenoxy) is 2. The Kier molecular flexibility index (Phi) is 5.49. The van der Waals surface area contributed by atoms with Crippen molar-refractivity contribution in [2.24, 2.45) is 5.10 Å². The summed E-state index contributed by atoms with van der Waals surface area (Å²) in [6.07, 6.45) is 1.51. The van der Waals surface area contributed by atoms with Gasteiger partial charge in [0.25, 0.3) is 11.6 Å². The van der Waals surface area contributed by atoms with Gasteiger partial charge in [0.05, 0.1) is 31.5 Å². The summed E-state index contributed by atoms with van der Waals surface area (Å²) in [5.74, 6) is 0.713. The molecule has 1 aliphatic rings. The summed E-state index contributed by atoms with van der Waals surface area (Å²) < 4.78 is 10.4. The second-order valence-electron chi connectivity index (χ2n) is 5.26. The van der Waals surface area contributed by atoms with Gasteiger partial charge in [-0.1, -0.05) is 0 Å². The molecule has 0 saturated carbocycles. The number of nitrogens with zero attached hydrogens (tertiary/aromatic N) is 6. The van der Waals surface area contributed by atoms with Gasteiger partial charge in [-0.15, -0.1) is 0 Å². The lowest BCUT2D eigenvalue weighted by Gasteiger charge is -2.26. The molecule has 1 aliphatic heterocycles. The highest BCUT2D eigenvalue weighted by atomic mass is 16.6. The van der Waals surface area contributed by atoms with Crippen LogP contribution in [0.2, 0.25) is 0 Å². The highest BCUT2D eigenvalue weighted by Crippen LogP contribution is 2.16. The molecule has 136 valence electrons. The van der Waals surface area contributed by atoms with Gasteiger partial charge in [-0.25, -0.2) is 5.43 Å². The SMILES string of the molecule is COc1nc(NN=Cc2ccc([N+](=O)[O-])cc2)nc(N2CCOCC2)n1. The number of aromatic nitrogens is 3. The topological polar surface area (TPSA) is 128 Å². The molecule has 26 heavy (non-hydrogen) atoms. The summed E-state index contributed by atoms with van der Waals surface area (Å²) in [7, 11) is 1.47. The molecule has 0 unspecified atom stereocenters. The fraction of sp³-hybridized carbons (Fsp3) is 0.333. The lowest BCUT2D eigenvalue weighted by atomic mass is 10.2. The minimum Gasteiger partial charge on any atom is -0.467 e. The molecule has 0 aliphatic carbocycles. The van der Waals surface area contributed by atoms with Crippen molar-refractivity contribution >= 4 is 23.8 Å². The van der Waals surface area contributed by atoms with E-state index >= 15 is 0 Å². The van der Waals surface area contributed by atoms with Crippen LogP contribution in [0.4, 0.5) is 17.6 Å². The number of morpholine rings is 1. The van der Waals surface area contributed by atoms with E-state index in [4.69, 9.17) is 9.47 Å². The number of hydrogen-bond acceptors (Lipinski definition) is 10. The highest BCUT2D eigenvalue weighted by molar-refractivity contribution is 5.80. The molecule has 1 saturated heterocycles. The molecule has 1 aromatic heterocycles. The van der Waals surface area contributed by atoms with Crippen molar-refractivity contribution in [3.8, 4) is 6.01 Å². The summed E-state index contributed by atoms with van der Waals surface area (Å²) in [6.45, 7) is 2.57. The number of nitro benzene ring substituents is 1. The number of nitro groups is 1. The van der Waals surface area contributed by atoms with E-state index in [0.717, 1.165) is 0 Å². The van der Waals surface area contributed by atoms with E-state index in [-0.39, 0.29) is 17.6 Å². The molecular formula is C15H17N7O4. The molecule has 1 N–H and O–H groups in total. The second-order valence-corrected chi connectivity index (χ2v) is 5.26. The molecule has 2 aromatic rings. The van der Waals surface area contributed by atoms with Crippen molar-refractivity contribution < 1.29 is 14.4 Å². The Morgan fingerprint density at radius 2 is 2.00 bits per heavy atom. The third-order valence-corrected chi connectivity index (χ3v) is 3.56. The van der Waals surface area contributed by atoms with E-state index in [1.807, 2.05) is 4.90 Å². The monoisotopic (exact) mass is 359 g/mol. The first-order valence-electron chi connectivity index (χ1n) is 7.82. The first kappa shape index (κ1) is 17.5. The average molecular weight is 359 g/mol. The van der Waals surface area contributed by atoms with Gasteiger partial charge in [-0.05, 0) is 17.7 Å². The van der Waals surface area contributed by atoms with Gasteiger partial charge < -0.3 is 14.4 Å². The van der Waals surface area contributed by atoms with Crippen LogP contribution >= 0.6 is 0 Å². The zero-order chi connectivity index (χ0) is 18.4. The zero-order valence-electron chi connectivity index (χ0n) is 14.0. The predicted molar refractivity (Wildman–Crippen MR) is 93.7 cm³/mol. The normalized spacial score (nSPS) is 14.4. The van der Waals surface area contributed by atoms with Crippen molar-refractivity contribution in [3.05, 3.63) is 39.9 Å². The number of anilines is 2. The summed E-state index contributed by atoms with van der Waals surface area (Å²) in [6, 6.07) is 6.18. The van der Waals surface area contributed by atoms with Crippen LogP contribution in [0.15, 0.2) is 29.4 Å². The minimum absolute atomic E-state index is 0.0208. The maximum absolute atomic E-state index is 10.6. The Bertz CT molecular complexity index is 791. The van der Waals surface area contributed by atoms with Gasteiger partial charge in [0.15, 0.2) is 0 Å². The molecule has 11 nitrogen and oxygen atoms in total. The van der Waals surface area contributed by atoms with Crippen LogP contribution in [0.25, 0.3) is 0 Å². The largest absolute Gasteiger partial charge is 0.467 e. The van der Waals surface area contributed by atoms with Crippen molar-refractivity contribution in [2.75, 3.05) is 43.7 Å². The number of benzene rings is 1. The molecule has 3 rings (SSSR count). The van der Waals surface area contributed by atoms with E-state index in [9.17, 15) is 10.1 Å². The van der Waals surface area contributed by atoms with Gasteiger partial charge in [-0.3, -0.25) is 10.1 Å². The van der Waals surface area contributed by atoms with E-state index in [2.05, 4.69) is 25.5 Å². The average Bonchev–Trinajstić information content (AvgIpc) is 2.69. The Hall–Kier alpha value is -3.34. The van der Waals surface area contributed by atoms with E-state index in [1.165, 1.54) is 25.5 Å². The van der Waals surface area contributed by atoms with E-state index in [1.54, 1.807) is 12.1 Å². The molecule has 1 aromatic carbocycles.